The van der Waals surface area contributed by atoms with E-state index in [1.54, 1.807) is 35.2 Å². The number of benzene rings is 1. The summed E-state index contributed by atoms with van der Waals surface area (Å²) >= 11 is 11.7. The molecule has 0 radical (unpaired) electrons. The molecule has 5 nitrogen and oxygen atoms in total. The first-order chi connectivity index (χ1) is 9.13. The van der Waals surface area contributed by atoms with E-state index in [0.717, 1.165) is 0 Å². The first-order valence-corrected chi connectivity index (χ1v) is 6.17. The molecule has 0 atom stereocenters. The fraction of sp³-hybridized carbons (Fsp3) is 0.0833. The Morgan fingerprint density at radius 3 is 2.58 bits per heavy atom. The zero-order chi connectivity index (χ0) is 13.4. The van der Waals surface area contributed by atoms with Crippen LogP contribution in [0.3, 0.4) is 0 Å². The number of rotatable bonds is 2. The maximum atomic E-state index is 5.88. The van der Waals surface area contributed by atoms with Crippen LogP contribution in [0.15, 0.2) is 30.6 Å². The molecule has 2 heterocycles. The van der Waals surface area contributed by atoms with Crippen molar-refractivity contribution in [3.63, 3.8) is 0 Å². The number of aromatic nitrogens is 4. The number of halogens is 2. The lowest BCUT2D eigenvalue weighted by molar-refractivity contribution is 0.467. The fourth-order valence-electron chi connectivity index (χ4n) is 1.64. The van der Waals surface area contributed by atoms with E-state index in [2.05, 4.69) is 15.0 Å². The molecule has 0 aliphatic rings. The number of aryl methyl sites for hydroxylation is 1. The van der Waals surface area contributed by atoms with Crippen LogP contribution in [0.4, 0.5) is 0 Å². The maximum absolute atomic E-state index is 5.88. The van der Waals surface area contributed by atoms with E-state index in [-0.39, 0.29) is 5.28 Å². The average Bonchev–Trinajstić information content (AvgIpc) is 2.74. The number of ether oxygens (including phenoxy) is 1. The van der Waals surface area contributed by atoms with E-state index in [1.165, 1.54) is 0 Å². The van der Waals surface area contributed by atoms with Crippen molar-refractivity contribution in [3.05, 3.63) is 40.9 Å². The molecule has 1 aromatic carbocycles. The standard InChI is InChI=1S/C12H8Cl2N4O/c1-18-6-15-9-10(18)16-12(14)17-11(9)19-8-4-2-7(13)3-5-8/h2-6H,1H3. The van der Waals surface area contributed by atoms with Crippen LogP contribution in [0.2, 0.25) is 10.3 Å². The van der Waals surface area contributed by atoms with E-state index in [9.17, 15) is 0 Å². The quantitative estimate of drug-likeness (QED) is 0.679. The summed E-state index contributed by atoms with van der Waals surface area (Å²) < 4.78 is 7.42. The van der Waals surface area contributed by atoms with E-state index < -0.39 is 0 Å². The van der Waals surface area contributed by atoms with Gasteiger partial charge in [-0.05, 0) is 35.9 Å². The Bertz CT molecular complexity index is 739. The number of nitrogens with zero attached hydrogens (tertiary/aromatic N) is 4. The van der Waals surface area contributed by atoms with Crippen molar-refractivity contribution in [3.8, 4) is 11.6 Å². The highest BCUT2D eigenvalue weighted by atomic mass is 35.5. The molecular weight excluding hydrogens is 287 g/mol. The lowest BCUT2D eigenvalue weighted by Gasteiger charge is -2.05. The smallest absolute Gasteiger partial charge is 0.252 e. The van der Waals surface area contributed by atoms with Gasteiger partial charge in [-0.3, -0.25) is 0 Å². The summed E-state index contributed by atoms with van der Waals surface area (Å²) in [7, 11) is 1.82. The Kier molecular flexibility index (Phi) is 3.00. The molecule has 0 amide bonds. The van der Waals surface area contributed by atoms with Crippen molar-refractivity contribution >= 4 is 34.4 Å². The minimum Gasteiger partial charge on any atom is -0.437 e. The molecule has 2 aromatic heterocycles. The highest BCUT2D eigenvalue weighted by molar-refractivity contribution is 6.30. The zero-order valence-electron chi connectivity index (χ0n) is 9.84. The Hall–Kier alpha value is -1.85. The molecule has 3 aromatic rings. The van der Waals surface area contributed by atoms with Gasteiger partial charge in [0.25, 0.3) is 5.88 Å². The minimum atomic E-state index is 0.111. The summed E-state index contributed by atoms with van der Waals surface area (Å²) in [6, 6.07) is 6.95. The van der Waals surface area contributed by atoms with Crippen LogP contribution in [-0.2, 0) is 7.05 Å². The largest absolute Gasteiger partial charge is 0.437 e. The van der Waals surface area contributed by atoms with Crippen molar-refractivity contribution in [2.45, 2.75) is 0 Å². The van der Waals surface area contributed by atoms with Gasteiger partial charge >= 0.3 is 0 Å². The Morgan fingerprint density at radius 1 is 1.11 bits per heavy atom. The number of hydrogen-bond acceptors (Lipinski definition) is 4. The topological polar surface area (TPSA) is 52.8 Å². The van der Waals surface area contributed by atoms with Gasteiger partial charge < -0.3 is 9.30 Å². The van der Waals surface area contributed by atoms with Crippen LogP contribution in [0, 0.1) is 0 Å². The van der Waals surface area contributed by atoms with Gasteiger partial charge in [-0.1, -0.05) is 11.6 Å². The van der Waals surface area contributed by atoms with Gasteiger partial charge in [0, 0.05) is 12.1 Å². The van der Waals surface area contributed by atoms with Crippen LogP contribution >= 0.6 is 23.2 Å². The minimum absolute atomic E-state index is 0.111. The molecule has 0 spiro atoms. The van der Waals surface area contributed by atoms with Gasteiger partial charge in [0.2, 0.25) is 5.28 Å². The molecule has 0 unspecified atom stereocenters. The maximum Gasteiger partial charge on any atom is 0.252 e. The van der Waals surface area contributed by atoms with Crippen molar-refractivity contribution in [1.29, 1.82) is 0 Å². The third kappa shape index (κ3) is 2.34. The number of imidazole rings is 1. The predicted octanol–water partition coefficient (Wildman–Crippen LogP) is 3.46. The van der Waals surface area contributed by atoms with Crippen LogP contribution < -0.4 is 4.74 Å². The fourth-order valence-corrected chi connectivity index (χ4v) is 1.92. The number of hydrogen-bond donors (Lipinski definition) is 0. The molecule has 0 saturated carbocycles. The summed E-state index contributed by atoms with van der Waals surface area (Å²) in [4.78, 5) is 12.4. The van der Waals surface area contributed by atoms with Crippen molar-refractivity contribution < 1.29 is 4.74 Å². The van der Waals surface area contributed by atoms with Crippen LogP contribution in [0.25, 0.3) is 11.2 Å². The molecule has 0 aliphatic carbocycles. The van der Waals surface area contributed by atoms with Crippen molar-refractivity contribution in [1.82, 2.24) is 19.5 Å². The first-order valence-electron chi connectivity index (χ1n) is 5.41. The van der Waals surface area contributed by atoms with Gasteiger partial charge in [0.1, 0.15) is 5.75 Å². The number of fused-ring (bicyclic) bond motifs is 1. The lowest BCUT2D eigenvalue weighted by atomic mass is 10.3. The van der Waals surface area contributed by atoms with E-state index in [0.29, 0.717) is 27.8 Å². The molecule has 96 valence electrons. The second-order valence-corrected chi connectivity index (χ2v) is 4.66. The van der Waals surface area contributed by atoms with Gasteiger partial charge in [0.05, 0.1) is 6.33 Å². The van der Waals surface area contributed by atoms with Gasteiger partial charge in [0.15, 0.2) is 11.2 Å². The van der Waals surface area contributed by atoms with Crippen molar-refractivity contribution in [2.24, 2.45) is 7.05 Å². The summed E-state index contributed by atoms with van der Waals surface area (Å²) in [5.74, 6) is 0.920. The van der Waals surface area contributed by atoms with E-state index >= 15 is 0 Å². The highest BCUT2D eigenvalue weighted by Crippen LogP contribution is 2.27. The Morgan fingerprint density at radius 2 is 1.84 bits per heavy atom. The molecule has 0 saturated heterocycles. The monoisotopic (exact) mass is 294 g/mol. The zero-order valence-corrected chi connectivity index (χ0v) is 11.4. The van der Waals surface area contributed by atoms with Gasteiger partial charge in [-0.15, -0.1) is 0 Å². The van der Waals surface area contributed by atoms with E-state index in [4.69, 9.17) is 27.9 Å². The normalized spacial score (nSPS) is 10.9. The molecule has 3 rings (SSSR count). The van der Waals surface area contributed by atoms with Crippen LogP contribution in [0.5, 0.6) is 11.6 Å². The van der Waals surface area contributed by atoms with Crippen molar-refractivity contribution in [2.75, 3.05) is 0 Å². The summed E-state index contributed by atoms with van der Waals surface area (Å²) in [5.41, 5.74) is 1.17. The van der Waals surface area contributed by atoms with Gasteiger partial charge in [-0.25, -0.2) is 4.98 Å². The molecule has 0 bridgehead atoms. The predicted molar refractivity (Wildman–Crippen MR) is 72.8 cm³/mol. The Labute approximate surface area is 118 Å². The molecule has 0 fully saturated rings. The molecule has 0 aliphatic heterocycles. The third-order valence-electron chi connectivity index (χ3n) is 2.53. The summed E-state index contributed by atoms with van der Waals surface area (Å²) in [6.07, 6.45) is 1.63. The summed E-state index contributed by atoms with van der Waals surface area (Å²) in [5, 5.41) is 0.746. The van der Waals surface area contributed by atoms with Gasteiger partial charge in [-0.2, -0.15) is 9.97 Å². The Balaban J connectivity index is 2.07. The SMILES string of the molecule is Cn1cnc2c(Oc3ccc(Cl)cc3)nc(Cl)nc21. The lowest BCUT2D eigenvalue weighted by Crippen LogP contribution is -1.95. The van der Waals surface area contributed by atoms with E-state index in [1.807, 2.05) is 7.05 Å². The summed E-state index contributed by atoms with van der Waals surface area (Å²) in [6.45, 7) is 0. The third-order valence-corrected chi connectivity index (χ3v) is 2.95. The highest BCUT2D eigenvalue weighted by Gasteiger charge is 2.13. The molecule has 7 heteroatoms. The van der Waals surface area contributed by atoms with Crippen LogP contribution in [0.1, 0.15) is 0 Å². The first kappa shape index (κ1) is 12.2. The molecule has 19 heavy (non-hydrogen) atoms. The average molecular weight is 295 g/mol. The van der Waals surface area contributed by atoms with Crippen LogP contribution in [-0.4, -0.2) is 19.5 Å². The molecule has 0 N–H and O–H groups in total. The second-order valence-electron chi connectivity index (χ2n) is 3.88. The second kappa shape index (κ2) is 4.68. The molecular formula is C12H8Cl2N4O.